The molecule has 1 heterocycles. The highest BCUT2D eigenvalue weighted by Crippen LogP contribution is 2.24. The van der Waals surface area contributed by atoms with Crippen molar-refractivity contribution in [1.82, 2.24) is 0 Å². The number of benzene rings is 1. The maximum absolute atomic E-state index is 9.78. The van der Waals surface area contributed by atoms with Gasteiger partial charge in [-0.3, -0.25) is 0 Å². The van der Waals surface area contributed by atoms with E-state index in [2.05, 4.69) is 0 Å². The Hall–Kier alpha value is -1.18. The van der Waals surface area contributed by atoms with E-state index in [9.17, 15) is 10.2 Å². The van der Waals surface area contributed by atoms with Crippen LogP contribution in [0.4, 0.5) is 0 Å². The third kappa shape index (κ3) is 6.92. The van der Waals surface area contributed by atoms with Crippen molar-refractivity contribution in [3.05, 3.63) is 29.8 Å². The van der Waals surface area contributed by atoms with Crippen molar-refractivity contribution in [3.63, 3.8) is 0 Å². The van der Waals surface area contributed by atoms with Crippen molar-refractivity contribution in [2.75, 3.05) is 13.7 Å². The number of hydrogen-bond acceptors (Lipinski definition) is 6. The van der Waals surface area contributed by atoms with Gasteiger partial charge in [-0.25, -0.2) is 0 Å². The molecule has 0 spiro atoms. The van der Waals surface area contributed by atoms with E-state index in [-0.39, 0.29) is 19.1 Å². The maximum Gasteiger partial charge on any atom is 0.202 e. The van der Waals surface area contributed by atoms with Gasteiger partial charge in [0.1, 0.15) is 18.0 Å². The minimum atomic E-state index is -1.09. The van der Waals surface area contributed by atoms with Gasteiger partial charge in [0.15, 0.2) is 0 Å². The van der Waals surface area contributed by atoms with Crippen LogP contribution >= 0.6 is 0 Å². The van der Waals surface area contributed by atoms with Crippen LogP contribution in [0.3, 0.4) is 0 Å². The Labute approximate surface area is 150 Å². The van der Waals surface area contributed by atoms with Crippen LogP contribution in [0.2, 0.25) is 0 Å². The van der Waals surface area contributed by atoms with Crippen molar-refractivity contribution < 1.29 is 29.5 Å². The van der Waals surface area contributed by atoms with E-state index < -0.39 is 24.6 Å². The minimum absolute atomic E-state index is 0.158. The zero-order valence-electron chi connectivity index (χ0n) is 15.6. The number of aryl methyl sites for hydroxylation is 1. The summed E-state index contributed by atoms with van der Waals surface area (Å²) in [4.78, 5) is 0. The van der Waals surface area contributed by atoms with Gasteiger partial charge in [-0.1, -0.05) is 26.0 Å². The third-order valence-electron chi connectivity index (χ3n) is 4.15. The molecule has 1 saturated heterocycles. The Morgan fingerprint density at radius 1 is 1.20 bits per heavy atom. The van der Waals surface area contributed by atoms with Crippen molar-refractivity contribution in [2.24, 2.45) is 0 Å². The van der Waals surface area contributed by atoms with Gasteiger partial charge < -0.3 is 29.5 Å². The molecule has 1 aromatic rings. The molecule has 6 nitrogen and oxygen atoms in total. The summed E-state index contributed by atoms with van der Waals surface area (Å²) in [6, 6.07) is 7.66. The summed E-state index contributed by atoms with van der Waals surface area (Å²) in [5, 5.41) is 28.6. The van der Waals surface area contributed by atoms with E-state index in [4.69, 9.17) is 19.3 Å². The topological polar surface area (TPSA) is 88.4 Å². The largest absolute Gasteiger partial charge is 0.465 e. The predicted octanol–water partition coefficient (Wildman–Crippen LogP) is 1.89. The van der Waals surface area contributed by atoms with Gasteiger partial charge >= 0.3 is 0 Å². The third-order valence-corrected chi connectivity index (χ3v) is 4.15. The summed E-state index contributed by atoms with van der Waals surface area (Å²) in [6.07, 6.45) is -1.33. The van der Waals surface area contributed by atoms with E-state index in [1.807, 2.05) is 45.0 Å². The lowest BCUT2D eigenvalue weighted by molar-refractivity contribution is -0.229. The van der Waals surface area contributed by atoms with Crippen LogP contribution in [-0.4, -0.2) is 59.7 Å². The molecule has 1 fully saturated rings. The summed E-state index contributed by atoms with van der Waals surface area (Å²) in [7, 11) is 1.71. The molecule has 0 amide bonds. The monoisotopic (exact) mass is 356 g/mol. The molecule has 5 unspecified atom stereocenters. The molecule has 0 aromatic heterocycles. The average molecular weight is 356 g/mol. The summed E-state index contributed by atoms with van der Waals surface area (Å²) < 4.78 is 16.4. The second-order valence-electron chi connectivity index (χ2n) is 5.93. The van der Waals surface area contributed by atoms with Crippen LogP contribution in [0.1, 0.15) is 39.2 Å². The van der Waals surface area contributed by atoms with Crippen molar-refractivity contribution in [2.45, 2.75) is 70.7 Å². The number of methoxy groups -OCH3 is 1. The zero-order valence-corrected chi connectivity index (χ0v) is 15.6. The smallest absolute Gasteiger partial charge is 0.202 e. The molecule has 3 N–H and O–H groups in total. The van der Waals surface area contributed by atoms with Crippen molar-refractivity contribution in [3.8, 4) is 5.75 Å². The Balaban J connectivity index is 0.00000151. The van der Waals surface area contributed by atoms with Crippen LogP contribution in [-0.2, 0) is 15.9 Å². The van der Waals surface area contributed by atoms with Gasteiger partial charge in [-0.2, -0.15) is 0 Å². The van der Waals surface area contributed by atoms with E-state index in [0.717, 1.165) is 12.8 Å². The van der Waals surface area contributed by atoms with E-state index in [0.29, 0.717) is 5.75 Å². The number of ether oxygens (including phenoxy) is 3. The van der Waals surface area contributed by atoms with Gasteiger partial charge in [-0.05, 0) is 37.5 Å². The standard InChI is InChI=1S/C17H26O6.C2H6/c1-11(21-2)3-4-12-5-7-13(8-6-12)22-16-9-14(19)17(20)15(10-18)23-16;1-2/h5-8,11,14-20H,3-4,9-10H2,1-2H3;1-2H3. The lowest BCUT2D eigenvalue weighted by Crippen LogP contribution is -2.51. The molecule has 0 radical (unpaired) electrons. The van der Waals surface area contributed by atoms with Crippen molar-refractivity contribution in [1.29, 1.82) is 0 Å². The summed E-state index contributed by atoms with van der Waals surface area (Å²) in [5.74, 6) is 0.624. The molecule has 0 saturated carbocycles. The highest BCUT2D eigenvalue weighted by Gasteiger charge is 2.37. The number of rotatable bonds is 7. The minimum Gasteiger partial charge on any atom is -0.465 e. The molecule has 1 aromatic carbocycles. The normalized spacial score (nSPS) is 27.2. The highest BCUT2D eigenvalue weighted by molar-refractivity contribution is 5.27. The Kier molecular flexibility index (Phi) is 10.0. The van der Waals surface area contributed by atoms with Crippen LogP contribution in [0, 0.1) is 0 Å². The quantitative estimate of drug-likeness (QED) is 0.691. The summed E-state index contributed by atoms with van der Waals surface area (Å²) in [6.45, 7) is 5.67. The second-order valence-corrected chi connectivity index (χ2v) is 5.93. The molecule has 1 aliphatic rings. The first kappa shape index (κ1) is 21.9. The lowest BCUT2D eigenvalue weighted by atomic mass is 10.0. The Bertz CT molecular complexity index is 463. The van der Waals surface area contributed by atoms with Crippen LogP contribution in [0.5, 0.6) is 5.75 Å². The molecule has 5 atom stereocenters. The summed E-state index contributed by atoms with van der Waals surface area (Å²) in [5.41, 5.74) is 1.19. The summed E-state index contributed by atoms with van der Waals surface area (Å²) >= 11 is 0. The van der Waals surface area contributed by atoms with Gasteiger partial charge in [0.2, 0.25) is 6.29 Å². The molecule has 0 aliphatic carbocycles. The SMILES string of the molecule is CC.COC(C)CCc1ccc(OC2CC(O)C(O)C(CO)O2)cc1. The predicted molar refractivity (Wildman–Crippen MR) is 95.6 cm³/mol. The fraction of sp³-hybridized carbons (Fsp3) is 0.684. The van der Waals surface area contributed by atoms with E-state index >= 15 is 0 Å². The van der Waals surface area contributed by atoms with Crippen LogP contribution in [0.15, 0.2) is 24.3 Å². The molecule has 144 valence electrons. The number of hydrogen-bond donors (Lipinski definition) is 3. The first-order valence-corrected chi connectivity index (χ1v) is 8.94. The van der Waals surface area contributed by atoms with Gasteiger partial charge in [0, 0.05) is 13.5 Å². The molecular formula is C19H32O6. The van der Waals surface area contributed by atoms with Crippen molar-refractivity contribution >= 4 is 0 Å². The number of aliphatic hydroxyl groups excluding tert-OH is 3. The molecule has 1 aliphatic heterocycles. The Morgan fingerprint density at radius 2 is 1.84 bits per heavy atom. The average Bonchev–Trinajstić information content (AvgIpc) is 2.65. The molecular weight excluding hydrogens is 324 g/mol. The first-order valence-electron chi connectivity index (χ1n) is 8.94. The second kappa shape index (κ2) is 11.4. The van der Waals surface area contributed by atoms with E-state index in [1.54, 1.807) is 7.11 Å². The molecule has 0 bridgehead atoms. The van der Waals surface area contributed by atoms with Gasteiger partial charge in [0.25, 0.3) is 0 Å². The fourth-order valence-corrected chi connectivity index (χ4v) is 2.52. The molecule has 2 rings (SSSR count). The van der Waals surface area contributed by atoms with Crippen LogP contribution < -0.4 is 4.74 Å². The first-order chi connectivity index (χ1) is 12.0. The Morgan fingerprint density at radius 3 is 2.40 bits per heavy atom. The molecule has 25 heavy (non-hydrogen) atoms. The lowest BCUT2D eigenvalue weighted by Gasteiger charge is -2.36. The molecule has 6 heteroatoms. The fourth-order valence-electron chi connectivity index (χ4n) is 2.52. The maximum atomic E-state index is 9.78. The van der Waals surface area contributed by atoms with Gasteiger partial charge in [0.05, 0.1) is 18.8 Å². The zero-order chi connectivity index (χ0) is 18.8. The van der Waals surface area contributed by atoms with Gasteiger partial charge in [-0.15, -0.1) is 0 Å². The highest BCUT2D eigenvalue weighted by atomic mass is 16.7. The number of aliphatic hydroxyl groups is 3. The van der Waals surface area contributed by atoms with Crippen LogP contribution in [0.25, 0.3) is 0 Å². The van der Waals surface area contributed by atoms with E-state index in [1.165, 1.54) is 5.56 Å².